The van der Waals surface area contributed by atoms with Gasteiger partial charge in [-0.25, -0.2) is 4.39 Å². The second kappa shape index (κ2) is 6.27. The van der Waals surface area contributed by atoms with Gasteiger partial charge in [-0.05, 0) is 31.0 Å². The number of piperidine rings is 1. The lowest BCUT2D eigenvalue weighted by Gasteiger charge is -2.34. The zero-order valence-electron chi connectivity index (χ0n) is 10.6. The molecule has 0 bridgehead atoms. The van der Waals surface area contributed by atoms with E-state index in [0.29, 0.717) is 18.7 Å². The highest BCUT2D eigenvalue weighted by atomic mass is 19.1. The second-order valence-corrected chi connectivity index (χ2v) is 4.93. The Morgan fingerprint density at radius 2 is 2.22 bits per heavy atom. The largest absolute Gasteiger partial charge is 0.395 e. The standard InChI is InChI=1S/C14H21FN2O/c15-14-7-11(8-16)4-5-12(14)9-17-6-2-1-3-13(17)10-18/h4-5,7,13,18H,1-3,6,8-10,16H2. The number of aliphatic hydroxyl groups excluding tert-OH is 1. The monoisotopic (exact) mass is 252 g/mol. The molecule has 1 heterocycles. The fourth-order valence-electron chi connectivity index (χ4n) is 2.54. The average Bonchev–Trinajstić information content (AvgIpc) is 2.41. The van der Waals surface area contributed by atoms with Crippen LogP contribution in [0.25, 0.3) is 0 Å². The first kappa shape index (κ1) is 13.5. The smallest absolute Gasteiger partial charge is 0.128 e. The summed E-state index contributed by atoms with van der Waals surface area (Å²) in [5.41, 5.74) is 6.99. The minimum atomic E-state index is -0.194. The molecule has 100 valence electrons. The van der Waals surface area contributed by atoms with Crippen LogP contribution in [0, 0.1) is 5.82 Å². The van der Waals surface area contributed by atoms with Crippen LogP contribution in [0.3, 0.4) is 0 Å². The molecule has 0 radical (unpaired) electrons. The fraction of sp³-hybridized carbons (Fsp3) is 0.571. The van der Waals surface area contributed by atoms with Gasteiger partial charge in [-0.15, -0.1) is 0 Å². The van der Waals surface area contributed by atoms with Crippen molar-refractivity contribution in [2.75, 3.05) is 13.2 Å². The first-order valence-corrected chi connectivity index (χ1v) is 6.57. The molecule has 0 saturated carbocycles. The molecule has 1 unspecified atom stereocenters. The maximum absolute atomic E-state index is 13.9. The van der Waals surface area contributed by atoms with Crippen molar-refractivity contribution in [1.82, 2.24) is 4.90 Å². The van der Waals surface area contributed by atoms with Gasteiger partial charge in [0, 0.05) is 24.7 Å². The van der Waals surface area contributed by atoms with E-state index < -0.39 is 0 Å². The molecule has 1 aliphatic rings. The van der Waals surface area contributed by atoms with E-state index in [4.69, 9.17) is 5.73 Å². The van der Waals surface area contributed by atoms with Crippen molar-refractivity contribution in [1.29, 1.82) is 0 Å². The number of nitrogens with zero attached hydrogens (tertiary/aromatic N) is 1. The molecule has 1 aliphatic heterocycles. The lowest BCUT2D eigenvalue weighted by atomic mass is 10.0. The first-order chi connectivity index (χ1) is 8.74. The van der Waals surface area contributed by atoms with Crippen molar-refractivity contribution in [2.45, 2.75) is 38.4 Å². The Bertz CT molecular complexity index is 397. The van der Waals surface area contributed by atoms with Crippen molar-refractivity contribution in [3.8, 4) is 0 Å². The Balaban J connectivity index is 2.07. The Morgan fingerprint density at radius 3 is 2.89 bits per heavy atom. The molecule has 1 aromatic rings. The molecule has 3 nitrogen and oxygen atoms in total. The third-order valence-corrected chi connectivity index (χ3v) is 3.69. The minimum Gasteiger partial charge on any atom is -0.395 e. The highest BCUT2D eigenvalue weighted by Gasteiger charge is 2.22. The molecule has 0 spiro atoms. The molecule has 1 fully saturated rings. The third-order valence-electron chi connectivity index (χ3n) is 3.69. The summed E-state index contributed by atoms with van der Waals surface area (Å²) in [4.78, 5) is 2.17. The Morgan fingerprint density at radius 1 is 1.39 bits per heavy atom. The molecule has 18 heavy (non-hydrogen) atoms. The number of hydrogen-bond donors (Lipinski definition) is 2. The van der Waals surface area contributed by atoms with Crippen molar-refractivity contribution in [3.05, 3.63) is 35.1 Å². The van der Waals surface area contributed by atoms with E-state index in [2.05, 4.69) is 4.90 Å². The molecule has 3 N–H and O–H groups in total. The minimum absolute atomic E-state index is 0.155. The lowest BCUT2D eigenvalue weighted by molar-refractivity contribution is 0.0832. The lowest BCUT2D eigenvalue weighted by Crippen LogP contribution is -2.41. The van der Waals surface area contributed by atoms with E-state index in [9.17, 15) is 9.50 Å². The fourth-order valence-corrected chi connectivity index (χ4v) is 2.54. The molecular weight excluding hydrogens is 231 g/mol. The van der Waals surface area contributed by atoms with Crippen LogP contribution in [0.1, 0.15) is 30.4 Å². The summed E-state index contributed by atoms with van der Waals surface area (Å²) in [5.74, 6) is -0.194. The normalized spacial score (nSPS) is 21.2. The average molecular weight is 252 g/mol. The summed E-state index contributed by atoms with van der Waals surface area (Å²) in [6, 6.07) is 5.36. The van der Waals surface area contributed by atoms with E-state index >= 15 is 0 Å². The predicted molar refractivity (Wildman–Crippen MR) is 69.4 cm³/mol. The molecular formula is C14H21FN2O. The van der Waals surface area contributed by atoms with Crippen molar-refractivity contribution in [2.24, 2.45) is 5.73 Å². The van der Waals surface area contributed by atoms with Crippen molar-refractivity contribution >= 4 is 0 Å². The van der Waals surface area contributed by atoms with Crippen LogP contribution in [-0.2, 0) is 13.1 Å². The van der Waals surface area contributed by atoms with Gasteiger partial charge in [0.1, 0.15) is 5.82 Å². The van der Waals surface area contributed by atoms with Gasteiger partial charge in [-0.2, -0.15) is 0 Å². The van der Waals surface area contributed by atoms with Gasteiger partial charge in [0.15, 0.2) is 0 Å². The summed E-state index contributed by atoms with van der Waals surface area (Å²) in [6.07, 6.45) is 3.27. The second-order valence-electron chi connectivity index (χ2n) is 4.93. The number of benzene rings is 1. The molecule has 1 aromatic carbocycles. The van der Waals surface area contributed by atoms with E-state index in [0.717, 1.165) is 31.4 Å². The van der Waals surface area contributed by atoms with Gasteiger partial charge in [0.2, 0.25) is 0 Å². The van der Waals surface area contributed by atoms with E-state index in [1.165, 1.54) is 6.07 Å². The predicted octanol–water partition coefficient (Wildman–Crippen LogP) is 1.63. The molecule has 0 aliphatic carbocycles. The molecule has 2 rings (SSSR count). The van der Waals surface area contributed by atoms with Gasteiger partial charge in [-0.3, -0.25) is 4.90 Å². The number of aliphatic hydroxyl groups is 1. The number of halogens is 1. The Hall–Kier alpha value is -0.970. The maximum atomic E-state index is 13.9. The van der Waals surface area contributed by atoms with Crippen LogP contribution in [0.4, 0.5) is 4.39 Å². The molecule has 1 saturated heterocycles. The van der Waals surface area contributed by atoms with Crippen LogP contribution in [0.15, 0.2) is 18.2 Å². The summed E-state index contributed by atoms with van der Waals surface area (Å²) in [6.45, 7) is 2.02. The SMILES string of the molecule is NCc1ccc(CN2CCCCC2CO)c(F)c1. The quantitative estimate of drug-likeness (QED) is 0.856. The molecule has 1 atom stereocenters. The third kappa shape index (κ3) is 3.07. The van der Waals surface area contributed by atoms with Crippen LogP contribution < -0.4 is 5.73 Å². The van der Waals surface area contributed by atoms with Crippen molar-refractivity contribution in [3.63, 3.8) is 0 Å². The van der Waals surface area contributed by atoms with Crippen LogP contribution in [-0.4, -0.2) is 29.2 Å². The Labute approximate surface area is 107 Å². The summed E-state index contributed by atoms with van der Waals surface area (Å²) >= 11 is 0. The highest BCUT2D eigenvalue weighted by Crippen LogP contribution is 2.21. The van der Waals surface area contributed by atoms with Crippen LogP contribution in [0.2, 0.25) is 0 Å². The number of nitrogens with two attached hydrogens (primary N) is 1. The van der Waals surface area contributed by atoms with Gasteiger partial charge in [0.05, 0.1) is 6.61 Å². The van der Waals surface area contributed by atoms with Crippen LogP contribution >= 0.6 is 0 Å². The van der Waals surface area contributed by atoms with Gasteiger partial charge in [-0.1, -0.05) is 18.6 Å². The van der Waals surface area contributed by atoms with Gasteiger partial charge < -0.3 is 10.8 Å². The number of rotatable bonds is 4. The summed E-state index contributed by atoms with van der Waals surface area (Å²) in [7, 11) is 0. The van der Waals surface area contributed by atoms with E-state index in [-0.39, 0.29) is 18.5 Å². The van der Waals surface area contributed by atoms with Gasteiger partial charge in [0.25, 0.3) is 0 Å². The van der Waals surface area contributed by atoms with E-state index in [1.54, 1.807) is 6.07 Å². The van der Waals surface area contributed by atoms with Gasteiger partial charge >= 0.3 is 0 Å². The number of hydrogen-bond acceptors (Lipinski definition) is 3. The summed E-state index contributed by atoms with van der Waals surface area (Å²) < 4.78 is 13.9. The highest BCUT2D eigenvalue weighted by molar-refractivity contribution is 5.24. The summed E-state index contributed by atoms with van der Waals surface area (Å²) in [5, 5.41) is 9.34. The molecule has 0 amide bonds. The van der Waals surface area contributed by atoms with Crippen molar-refractivity contribution < 1.29 is 9.50 Å². The Kier molecular flexibility index (Phi) is 4.69. The number of likely N-dealkylation sites (tertiary alicyclic amines) is 1. The first-order valence-electron chi connectivity index (χ1n) is 6.57. The zero-order valence-corrected chi connectivity index (χ0v) is 10.6. The van der Waals surface area contributed by atoms with E-state index in [1.807, 2.05) is 6.07 Å². The molecule has 0 aromatic heterocycles. The molecule has 4 heteroatoms. The van der Waals surface area contributed by atoms with Crippen LogP contribution in [0.5, 0.6) is 0 Å². The topological polar surface area (TPSA) is 49.5 Å². The zero-order chi connectivity index (χ0) is 13.0. The maximum Gasteiger partial charge on any atom is 0.128 e.